The molecule has 0 amide bonds. The number of piperidine rings is 1. The number of hydrogen-bond donors (Lipinski definition) is 1. The van der Waals surface area contributed by atoms with Crippen LogP contribution in [0.4, 0.5) is 0 Å². The highest BCUT2D eigenvalue weighted by atomic mass is 16.5. The maximum absolute atomic E-state index is 6.05. The Morgan fingerprint density at radius 1 is 1.33 bits per heavy atom. The van der Waals surface area contributed by atoms with E-state index in [-0.39, 0.29) is 0 Å². The lowest BCUT2D eigenvalue weighted by molar-refractivity contribution is 0.214. The van der Waals surface area contributed by atoms with Crippen molar-refractivity contribution in [2.45, 2.75) is 12.8 Å². The van der Waals surface area contributed by atoms with Crippen molar-refractivity contribution < 1.29 is 4.74 Å². The minimum absolute atomic E-state index is 0.509. The third-order valence-electron chi connectivity index (χ3n) is 4.28. The quantitative estimate of drug-likeness (QED) is 0.788. The van der Waals surface area contributed by atoms with Crippen LogP contribution in [0.2, 0.25) is 0 Å². The van der Waals surface area contributed by atoms with Gasteiger partial charge in [0.25, 0.3) is 0 Å². The maximum atomic E-state index is 6.05. The van der Waals surface area contributed by atoms with E-state index in [1.807, 2.05) is 19.3 Å². The van der Waals surface area contributed by atoms with Crippen molar-refractivity contribution in [3.8, 4) is 17.1 Å². The molecule has 3 aromatic rings. The van der Waals surface area contributed by atoms with Crippen LogP contribution in [-0.2, 0) is 7.05 Å². The van der Waals surface area contributed by atoms with Gasteiger partial charge in [0, 0.05) is 43.7 Å². The van der Waals surface area contributed by atoms with E-state index in [9.17, 15) is 0 Å². The molecule has 0 bridgehead atoms. The summed E-state index contributed by atoms with van der Waals surface area (Å²) in [6.45, 7) is 2.73. The Labute approximate surface area is 140 Å². The predicted molar refractivity (Wildman–Crippen MR) is 90.6 cm³/mol. The number of fused-ring (bicyclic) bond motifs is 1. The van der Waals surface area contributed by atoms with Crippen molar-refractivity contribution in [2.75, 3.05) is 19.7 Å². The Hall–Kier alpha value is -2.54. The first-order valence-electron chi connectivity index (χ1n) is 8.24. The molecule has 7 nitrogen and oxygen atoms in total. The van der Waals surface area contributed by atoms with Gasteiger partial charge in [-0.05, 0) is 25.5 Å². The summed E-state index contributed by atoms with van der Waals surface area (Å²) in [4.78, 5) is 13.5. The van der Waals surface area contributed by atoms with Gasteiger partial charge < -0.3 is 10.1 Å². The molecular weight excluding hydrogens is 304 g/mol. The monoisotopic (exact) mass is 324 g/mol. The second-order valence-corrected chi connectivity index (χ2v) is 6.16. The zero-order valence-electron chi connectivity index (χ0n) is 13.6. The van der Waals surface area contributed by atoms with Gasteiger partial charge >= 0.3 is 0 Å². The zero-order chi connectivity index (χ0) is 16.4. The molecule has 0 aliphatic carbocycles. The molecule has 0 spiro atoms. The number of rotatable bonds is 4. The molecule has 0 saturated carbocycles. The van der Waals surface area contributed by atoms with E-state index in [4.69, 9.17) is 4.74 Å². The molecule has 3 aromatic heterocycles. The van der Waals surface area contributed by atoms with Gasteiger partial charge in [-0.15, -0.1) is 0 Å². The smallest absolute Gasteiger partial charge is 0.242 e. The van der Waals surface area contributed by atoms with E-state index >= 15 is 0 Å². The van der Waals surface area contributed by atoms with Crippen LogP contribution in [0.5, 0.6) is 5.88 Å². The fourth-order valence-electron chi connectivity index (χ4n) is 3.01. The van der Waals surface area contributed by atoms with Gasteiger partial charge in [-0.1, -0.05) is 0 Å². The van der Waals surface area contributed by atoms with Gasteiger partial charge in [-0.2, -0.15) is 5.10 Å². The van der Waals surface area contributed by atoms with Crippen molar-refractivity contribution in [3.05, 3.63) is 30.9 Å². The lowest BCUT2D eigenvalue weighted by Gasteiger charge is -2.22. The van der Waals surface area contributed by atoms with E-state index in [1.165, 1.54) is 12.8 Å². The van der Waals surface area contributed by atoms with E-state index < -0.39 is 0 Å². The van der Waals surface area contributed by atoms with Crippen LogP contribution in [0.25, 0.3) is 22.3 Å². The first-order chi connectivity index (χ1) is 11.8. The van der Waals surface area contributed by atoms with Crippen LogP contribution >= 0.6 is 0 Å². The molecule has 1 aliphatic rings. The second kappa shape index (κ2) is 6.52. The van der Waals surface area contributed by atoms with Crippen LogP contribution in [-0.4, -0.2) is 44.4 Å². The lowest BCUT2D eigenvalue weighted by atomic mass is 10.0. The molecule has 7 heteroatoms. The van der Waals surface area contributed by atoms with Crippen molar-refractivity contribution in [1.82, 2.24) is 30.0 Å². The number of nitrogens with one attached hydrogen (secondary N) is 1. The fraction of sp³-hybridized carbons (Fsp3) is 0.412. The Morgan fingerprint density at radius 3 is 3.04 bits per heavy atom. The molecule has 0 radical (unpaired) electrons. The molecule has 1 fully saturated rings. The number of aromatic nitrogens is 5. The molecule has 1 aliphatic heterocycles. The van der Waals surface area contributed by atoms with Crippen molar-refractivity contribution >= 4 is 11.0 Å². The molecule has 1 N–H and O–H groups in total. The number of pyridine rings is 1. The van der Waals surface area contributed by atoms with E-state index in [1.54, 1.807) is 23.3 Å². The van der Waals surface area contributed by atoms with Crippen molar-refractivity contribution in [3.63, 3.8) is 0 Å². The largest absolute Gasteiger partial charge is 0.476 e. The second-order valence-electron chi connectivity index (χ2n) is 6.16. The van der Waals surface area contributed by atoms with Crippen LogP contribution in [0.1, 0.15) is 12.8 Å². The first-order valence-corrected chi connectivity index (χ1v) is 8.24. The van der Waals surface area contributed by atoms with E-state index in [0.717, 1.165) is 29.9 Å². The molecular formula is C17H20N6O. The summed E-state index contributed by atoms with van der Waals surface area (Å²) >= 11 is 0. The van der Waals surface area contributed by atoms with Gasteiger partial charge in [0.1, 0.15) is 0 Å². The van der Waals surface area contributed by atoms with Crippen LogP contribution in [0.3, 0.4) is 0 Å². The number of hydrogen-bond acceptors (Lipinski definition) is 6. The highest BCUT2D eigenvalue weighted by Gasteiger charge is 2.16. The fourth-order valence-corrected chi connectivity index (χ4v) is 3.01. The molecule has 4 heterocycles. The SMILES string of the molecule is Cn1cc(-c2cc3nccnc3c(OC[C@@H]3CCCNC3)n2)cn1. The highest BCUT2D eigenvalue weighted by Crippen LogP contribution is 2.27. The number of aryl methyl sites for hydroxylation is 1. The Bertz CT molecular complexity index is 840. The zero-order valence-corrected chi connectivity index (χ0v) is 13.6. The summed E-state index contributed by atoms with van der Waals surface area (Å²) in [5, 5.41) is 7.62. The summed E-state index contributed by atoms with van der Waals surface area (Å²) in [6, 6.07) is 1.92. The Balaban J connectivity index is 1.66. The number of ether oxygens (including phenoxy) is 1. The summed E-state index contributed by atoms with van der Waals surface area (Å²) in [6.07, 6.45) is 9.45. The van der Waals surface area contributed by atoms with Crippen LogP contribution in [0, 0.1) is 5.92 Å². The molecule has 24 heavy (non-hydrogen) atoms. The van der Waals surface area contributed by atoms with E-state index in [0.29, 0.717) is 23.9 Å². The summed E-state index contributed by atoms with van der Waals surface area (Å²) in [5.74, 6) is 1.05. The van der Waals surface area contributed by atoms with E-state index in [2.05, 4.69) is 25.4 Å². The summed E-state index contributed by atoms with van der Waals surface area (Å²) < 4.78 is 7.80. The van der Waals surface area contributed by atoms with Gasteiger partial charge in [-0.3, -0.25) is 9.67 Å². The van der Waals surface area contributed by atoms with Gasteiger partial charge in [-0.25, -0.2) is 9.97 Å². The Kier molecular flexibility index (Phi) is 4.08. The molecule has 4 rings (SSSR count). The minimum atomic E-state index is 0.509. The van der Waals surface area contributed by atoms with Crippen LogP contribution < -0.4 is 10.1 Å². The predicted octanol–water partition coefficient (Wildman–Crippen LogP) is 1.80. The molecule has 1 saturated heterocycles. The summed E-state index contributed by atoms with van der Waals surface area (Å²) in [7, 11) is 1.89. The first kappa shape index (κ1) is 15.0. The minimum Gasteiger partial charge on any atom is -0.476 e. The average molecular weight is 324 g/mol. The summed E-state index contributed by atoms with van der Waals surface area (Å²) in [5.41, 5.74) is 3.22. The van der Waals surface area contributed by atoms with Gasteiger partial charge in [0.05, 0.1) is 24.0 Å². The normalized spacial score (nSPS) is 18.0. The van der Waals surface area contributed by atoms with Crippen molar-refractivity contribution in [1.29, 1.82) is 0 Å². The van der Waals surface area contributed by atoms with Crippen LogP contribution in [0.15, 0.2) is 30.9 Å². The van der Waals surface area contributed by atoms with Gasteiger partial charge in [0.15, 0.2) is 5.52 Å². The topological polar surface area (TPSA) is 77.8 Å². The molecule has 0 aromatic carbocycles. The third kappa shape index (κ3) is 3.07. The highest BCUT2D eigenvalue weighted by molar-refractivity contribution is 5.83. The number of nitrogens with zero attached hydrogens (tertiary/aromatic N) is 5. The lowest BCUT2D eigenvalue weighted by Crippen LogP contribution is -2.33. The third-order valence-corrected chi connectivity index (χ3v) is 4.28. The average Bonchev–Trinajstić information content (AvgIpc) is 3.07. The Morgan fingerprint density at radius 2 is 2.25 bits per heavy atom. The molecule has 124 valence electrons. The maximum Gasteiger partial charge on any atom is 0.242 e. The van der Waals surface area contributed by atoms with Crippen molar-refractivity contribution in [2.24, 2.45) is 13.0 Å². The molecule has 0 unspecified atom stereocenters. The molecule has 1 atom stereocenters. The standard InChI is InChI=1S/C17H20N6O/c1-23-10-13(9-21-23)14-7-15-16(20-6-5-19-15)17(22-14)24-11-12-3-2-4-18-8-12/h5-7,9-10,12,18H,2-4,8,11H2,1H3/t12-/m1/s1. The van der Waals surface area contributed by atoms with Gasteiger partial charge in [0.2, 0.25) is 5.88 Å².